The molecule has 0 fully saturated rings. The number of nitrogens with zero attached hydrogens (tertiary/aromatic N) is 4. The number of nitrogens with one attached hydrogen (secondary N) is 2. The fourth-order valence-electron chi connectivity index (χ4n) is 1.57. The summed E-state index contributed by atoms with van der Waals surface area (Å²) in [6.45, 7) is 2.46. The number of rotatable bonds is 5. The van der Waals surface area contributed by atoms with E-state index in [9.17, 15) is 4.79 Å². The van der Waals surface area contributed by atoms with Gasteiger partial charge in [0.1, 0.15) is 5.82 Å². The highest BCUT2D eigenvalue weighted by Crippen LogP contribution is 1.98. The quantitative estimate of drug-likeness (QED) is 0.802. The fourth-order valence-corrected chi connectivity index (χ4v) is 1.57. The summed E-state index contributed by atoms with van der Waals surface area (Å²) in [5.41, 5.74) is 0.924. The average molecular weight is 248 g/mol. The summed E-state index contributed by atoms with van der Waals surface area (Å²) in [6, 6.07) is 1.85. The van der Waals surface area contributed by atoms with Crippen molar-refractivity contribution in [3.63, 3.8) is 0 Å². The summed E-state index contributed by atoms with van der Waals surface area (Å²) in [4.78, 5) is 15.9. The van der Waals surface area contributed by atoms with Crippen molar-refractivity contribution in [1.29, 1.82) is 0 Å². The Morgan fingerprint density at radius 3 is 3.06 bits per heavy atom. The largest absolute Gasteiger partial charge is 0.344 e. The number of amides is 1. The number of hydrogen-bond donors (Lipinski definition) is 2. The van der Waals surface area contributed by atoms with Crippen molar-refractivity contribution in [2.45, 2.75) is 26.3 Å². The average Bonchev–Trinajstić information content (AvgIpc) is 2.96. The Balaban J connectivity index is 1.93. The lowest BCUT2D eigenvalue weighted by Crippen LogP contribution is -2.25. The van der Waals surface area contributed by atoms with Gasteiger partial charge in [-0.25, -0.2) is 4.98 Å². The molecule has 2 heterocycles. The van der Waals surface area contributed by atoms with E-state index in [0.717, 1.165) is 24.4 Å². The maximum absolute atomic E-state index is 11.8. The van der Waals surface area contributed by atoms with E-state index in [2.05, 4.69) is 25.6 Å². The third kappa shape index (κ3) is 2.73. The maximum Gasteiger partial charge on any atom is 0.291 e. The van der Waals surface area contributed by atoms with Crippen LogP contribution in [0.15, 0.2) is 12.3 Å². The Morgan fingerprint density at radius 2 is 2.39 bits per heavy atom. The Bertz CT molecular complexity index is 529. The molecular formula is C11H16N6O. The minimum atomic E-state index is -0.283. The summed E-state index contributed by atoms with van der Waals surface area (Å²) in [5, 5.41) is 13.4. The minimum Gasteiger partial charge on any atom is -0.344 e. The third-order valence-electron chi connectivity index (χ3n) is 2.57. The smallest absolute Gasteiger partial charge is 0.291 e. The Labute approximate surface area is 105 Å². The van der Waals surface area contributed by atoms with Crippen molar-refractivity contribution in [2.24, 2.45) is 7.05 Å². The molecule has 0 atom stereocenters. The van der Waals surface area contributed by atoms with E-state index < -0.39 is 0 Å². The van der Waals surface area contributed by atoms with Crippen LogP contribution in [0.1, 0.15) is 35.5 Å². The molecule has 0 saturated carbocycles. The van der Waals surface area contributed by atoms with Gasteiger partial charge in [0.05, 0.1) is 12.2 Å². The summed E-state index contributed by atoms with van der Waals surface area (Å²) < 4.78 is 1.71. The van der Waals surface area contributed by atoms with Crippen LogP contribution in [0.5, 0.6) is 0 Å². The van der Waals surface area contributed by atoms with Crippen LogP contribution in [0.4, 0.5) is 0 Å². The summed E-state index contributed by atoms with van der Waals surface area (Å²) in [7, 11) is 1.83. The predicted molar refractivity (Wildman–Crippen MR) is 64.8 cm³/mol. The van der Waals surface area contributed by atoms with Gasteiger partial charge in [-0.05, 0) is 12.5 Å². The van der Waals surface area contributed by atoms with Gasteiger partial charge in [0.25, 0.3) is 5.91 Å². The highest BCUT2D eigenvalue weighted by molar-refractivity contribution is 5.90. The first-order valence-corrected chi connectivity index (χ1v) is 5.87. The number of aromatic nitrogens is 5. The Hall–Kier alpha value is -2.18. The number of H-pyrrole nitrogens is 1. The number of carbonyl (C=O) groups excluding carboxylic acids is 1. The molecule has 2 aromatic rings. The van der Waals surface area contributed by atoms with Gasteiger partial charge >= 0.3 is 0 Å². The van der Waals surface area contributed by atoms with E-state index in [4.69, 9.17) is 0 Å². The molecule has 1 amide bonds. The summed E-state index contributed by atoms with van der Waals surface area (Å²) in [6.07, 6.45) is 3.45. The first-order valence-electron chi connectivity index (χ1n) is 5.87. The molecule has 2 rings (SSSR count). The lowest BCUT2D eigenvalue weighted by molar-refractivity contribution is 0.0940. The van der Waals surface area contributed by atoms with Gasteiger partial charge in [0.2, 0.25) is 5.82 Å². The molecule has 0 spiro atoms. The van der Waals surface area contributed by atoms with Crippen molar-refractivity contribution in [3.05, 3.63) is 29.6 Å². The summed E-state index contributed by atoms with van der Waals surface area (Å²) in [5.74, 6) is 0.638. The SMILES string of the molecule is CCCc1nc(C(=O)NCc2ccnn2C)n[nH]1. The first kappa shape index (κ1) is 12.3. The number of carbonyl (C=O) groups is 1. The van der Waals surface area contributed by atoms with E-state index in [0.29, 0.717) is 6.54 Å². The van der Waals surface area contributed by atoms with Gasteiger partial charge < -0.3 is 5.32 Å². The Kier molecular flexibility index (Phi) is 3.71. The van der Waals surface area contributed by atoms with Crippen molar-refractivity contribution >= 4 is 5.91 Å². The molecule has 96 valence electrons. The van der Waals surface area contributed by atoms with E-state index in [1.54, 1.807) is 10.9 Å². The second-order valence-electron chi connectivity index (χ2n) is 3.98. The van der Waals surface area contributed by atoms with E-state index >= 15 is 0 Å². The van der Waals surface area contributed by atoms with Crippen LogP contribution in [-0.4, -0.2) is 30.9 Å². The van der Waals surface area contributed by atoms with Gasteiger partial charge in [0.15, 0.2) is 0 Å². The molecule has 0 aliphatic carbocycles. The normalized spacial score (nSPS) is 10.6. The molecule has 0 aliphatic heterocycles. The van der Waals surface area contributed by atoms with Gasteiger partial charge in [-0.3, -0.25) is 14.6 Å². The van der Waals surface area contributed by atoms with Gasteiger partial charge in [-0.2, -0.15) is 5.10 Å². The standard InChI is InChI=1S/C11H16N6O/c1-3-4-9-14-10(16-15-9)11(18)12-7-8-5-6-13-17(8)2/h5-6H,3-4,7H2,1-2H3,(H,12,18)(H,14,15,16). The molecule has 0 aliphatic rings. The Morgan fingerprint density at radius 1 is 1.56 bits per heavy atom. The van der Waals surface area contributed by atoms with Crippen molar-refractivity contribution < 1.29 is 4.79 Å². The number of aryl methyl sites for hydroxylation is 2. The molecule has 0 unspecified atom stereocenters. The molecular weight excluding hydrogens is 232 g/mol. The third-order valence-corrected chi connectivity index (χ3v) is 2.57. The molecule has 0 bridgehead atoms. The van der Waals surface area contributed by atoms with Crippen LogP contribution in [0.2, 0.25) is 0 Å². The van der Waals surface area contributed by atoms with Gasteiger partial charge in [-0.15, -0.1) is 5.10 Å². The van der Waals surface area contributed by atoms with Crippen LogP contribution in [-0.2, 0) is 20.0 Å². The van der Waals surface area contributed by atoms with E-state index in [1.165, 1.54) is 0 Å². The maximum atomic E-state index is 11.8. The van der Waals surface area contributed by atoms with Crippen LogP contribution in [0, 0.1) is 0 Å². The van der Waals surface area contributed by atoms with Crippen LogP contribution in [0.3, 0.4) is 0 Å². The number of hydrogen-bond acceptors (Lipinski definition) is 4. The van der Waals surface area contributed by atoms with Gasteiger partial charge in [0, 0.05) is 19.7 Å². The van der Waals surface area contributed by atoms with Crippen molar-refractivity contribution in [2.75, 3.05) is 0 Å². The molecule has 0 radical (unpaired) electrons. The summed E-state index contributed by atoms with van der Waals surface area (Å²) >= 11 is 0. The van der Waals surface area contributed by atoms with Crippen LogP contribution in [0.25, 0.3) is 0 Å². The predicted octanol–water partition coefficient (Wildman–Crippen LogP) is 0.421. The van der Waals surface area contributed by atoms with Gasteiger partial charge in [-0.1, -0.05) is 6.92 Å². The fraction of sp³-hybridized carbons (Fsp3) is 0.455. The first-order chi connectivity index (χ1) is 8.70. The monoisotopic (exact) mass is 248 g/mol. The van der Waals surface area contributed by atoms with Crippen molar-refractivity contribution in [3.8, 4) is 0 Å². The molecule has 2 aromatic heterocycles. The van der Waals surface area contributed by atoms with Crippen LogP contribution < -0.4 is 5.32 Å². The topological polar surface area (TPSA) is 88.5 Å². The molecule has 2 N–H and O–H groups in total. The van der Waals surface area contributed by atoms with Crippen molar-refractivity contribution in [1.82, 2.24) is 30.3 Å². The second-order valence-corrected chi connectivity index (χ2v) is 3.98. The molecule has 7 heteroatoms. The molecule has 7 nitrogen and oxygen atoms in total. The molecule has 18 heavy (non-hydrogen) atoms. The minimum absolute atomic E-state index is 0.181. The number of aromatic amines is 1. The second kappa shape index (κ2) is 5.44. The van der Waals surface area contributed by atoms with E-state index in [1.807, 2.05) is 20.0 Å². The highest BCUT2D eigenvalue weighted by Gasteiger charge is 2.12. The zero-order chi connectivity index (χ0) is 13.0. The van der Waals surface area contributed by atoms with Crippen LogP contribution >= 0.6 is 0 Å². The molecule has 0 saturated heterocycles. The molecule has 0 aromatic carbocycles. The van der Waals surface area contributed by atoms with E-state index in [-0.39, 0.29) is 11.7 Å². The lowest BCUT2D eigenvalue weighted by atomic mass is 10.3. The highest BCUT2D eigenvalue weighted by atomic mass is 16.2. The zero-order valence-corrected chi connectivity index (χ0v) is 10.5. The zero-order valence-electron chi connectivity index (χ0n) is 10.5. The lowest BCUT2D eigenvalue weighted by Gasteiger charge is -2.02.